The van der Waals surface area contributed by atoms with Crippen LogP contribution in [0.25, 0.3) is 10.6 Å². The van der Waals surface area contributed by atoms with Crippen molar-refractivity contribution in [3.63, 3.8) is 0 Å². The molecule has 1 N–H and O–H groups in total. The van der Waals surface area contributed by atoms with E-state index in [4.69, 9.17) is 0 Å². The van der Waals surface area contributed by atoms with Gasteiger partial charge in [-0.05, 0) is 19.8 Å². The Bertz CT molecular complexity index is 809. The lowest BCUT2D eigenvalue weighted by molar-refractivity contribution is 0.151. The minimum Gasteiger partial charge on any atom is -0.351 e. The molecule has 1 saturated heterocycles. The quantitative estimate of drug-likeness (QED) is 0.828. The molecule has 0 spiro atoms. The van der Waals surface area contributed by atoms with Gasteiger partial charge in [-0.1, -0.05) is 0 Å². The Morgan fingerprint density at radius 3 is 2.62 bits per heavy atom. The average Bonchev–Trinajstić information content (AvgIpc) is 2.99. The Hall–Kier alpha value is -1.59. The van der Waals surface area contributed by atoms with Gasteiger partial charge in [0, 0.05) is 25.4 Å². The van der Waals surface area contributed by atoms with Gasteiger partial charge in [-0.3, -0.25) is 0 Å². The maximum absolute atomic E-state index is 14.2. The number of anilines is 1. The van der Waals surface area contributed by atoms with Crippen molar-refractivity contribution in [3.8, 4) is 10.6 Å². The number of thiazole rings is 1. The van der Waals surface area contributed by atoms with Crippen molar-refractivity contribution in [3.05, 3.63) is 22.7 Å². The molecule has 3 heterocycles. The molecule has 142 valence electrons. The van der Waals surface area contributed by atoms with Gasteiger partial charge < -0.3 is 5.32 Å². The summed E-state index contributed by atoms with van der Waals surface area (Å²) < 4.78 is 53.2. The van der Waals surface area contributed by atoms with E-state index in [1.165, 1.54) is 0 Å². The summed E-state index contributed by atoms with van der Waals surface area (Å²) >= 11 is 0.733. The summed E-state index contributed by atoms with van der Waals surface area (Å²) in [5, 5.41) is 2.79. The van der Waals surface area contributed by atoms with Crippen molar-refractivity contribution < 1.29 is 17.4 Å². The number of nitrogens with zero attached hydrogens (tertiary/aromatic N) is 4. The van der Waals surface area contributed by atoms with Crippen LogP contribution in [0.3, 0.4) is 0 Å². The molecule has 0 aromatic carbocycles. The Kier molecular flexibility index (Phi) is 5.88. The molecular formula is C15H18F3N5OS2. The van der Waals surface area contributed by atoms with Crippen LogP contribution in [0.1, 0.15) is 30.0 Å². The third-order valence-corrected chi connectivity index (χ3v) is 6.37. The predicted octanol–water partition coefficient (Wildman–Crippen LogP) is 3.16. The number of nitrogens with one attached hydrogen (secondary N) is 1. The highest BCUT2D eigenvalue weighted by molar-refractivity contribution is 7.81. The molecule has 1 fully saturated rings. The summed E-state index contributed by atoms with van der Waals surface area (Å²) in [6, 6.07) is 0.0762. The maximum atomic E-state index is 14.2. The van der Waals surface area contributed by atoms with E-state index in [1.54, 1.807) is 13.2 Å². The number of halogens is 3. The number of hydrogen-bond acceptors (Lipinski definition) is 6. The molecular weight excluding hydrogens is 387 g/mol. The SMILES string of the molecule is Cc1nc(C(F)F)sc1-c1nc(NC2CCN(S(C)=O)CC2)ncc1F. The van der Waals surface area contributed by atoms with Crippen LogP contribution < -0.4 is 5.32 Å². The third kappa shape index (κ3) is 4.21. The topological polar surface area (TPSA) is 71.0 Å². The van der Waals surface area contributed by atoms with Crippen LogP contribution >= 0.6 is 11.3 Å². The molecule has 1 unspecified atom stereocenters. The molecule has 2 aromatic rings. The van der Waals surface area contributed by atoms with Crippen LogP contribution in [0.5, 0.6) is 0 Å². The lowest BCUT2D eigenvalue weighted by atomic mass is 10.1. The predicted molar refractivity (Wildman–Crippen MR) is 95.1 cm³/mol. The van der Waals surface area contributed by atoms with Crippen molar-refractivity contribution >= 4 is 28.3 Å². The Morgan fingerprint density at radius 1 is 1.35 bits per heavy atom. The highest BCUT2D eigenvalue weighted by Gasteiger charge is 2.23. The Labute approximate surface area is 155 Å². The van der Waals surface area contributed by atoms with E-state index in [9.17, 15) is 17.4 Å². The summed E-state index contributed by atoms with van der Waals surface area (Å²) in [6.07, 6.45) is 1.48. The molecule has 1 aliphatic rings. The fraction of sp³-hybridized carbons (Fsp3) is 0.533. The number of piperidine rings is 1. The van der Waals surface area contributed by atoms with E-state index in [2.05, 4.69) is 20.3 Å². The van der Waals surface area contributed by atoms with E-state index >= 15 is 0 Å². The van der Waals surface area contributed by atoms with Crippen molar-refractivity contribution in [2.24, 2.45) is 0 Å². The molecule has 6 nitrogen and oxygen atoms in total. The molecule has 26 heavy (non-hydrogen) atoms. The molecule has 0 amide bonds. The van der Waals surface area contributed by atoms with Crippen molar-refractivity contribution in [2.45, 2.75) is 32.2 Å². The van der Waals surface area contributed by atoms with Crippen LogP contribution in [0.15, 0.2) is 6.20 Å². The minimum atomic E-state index is -2.70. The zero-order chi connectivity index (χ0) is 18.8. The number of rotatable bonds is 5. The lowest BCUT2D eigenvalue weighted by Crippen LogP contribution is -2.39. The molecule has 0 aliphatic carbocycles. The van der Waals surface area contributed by atoms with Gasteiger partial charge in [0.25, 0.3) is 6.43 Å². The van der Waals surface area contributed by atoms with Crippen LogP contribution in [0.2, 0.25) is 0 Å². The van der Waals surface area contributed by atoms with Crippen LogP contribution in [-0.2, 0) is 11.0 Å². The standard InChI is InChI=1S/C15H18F3N5OS2/c1-8-12(25-14(20-8)13(17)18)11-10(16)7-19-15(22-11)21-9-3-5-23(6-4-9)26(2)24/h7,9,13H,3-6H2,1-2H3,(H,19,21,22). The zero-order valence-electron chi connectivity index (χ0n) is 14.2. The van der Waals surface area contributed by atoms with Crippen LogP contribution in [-0.4, -0.2) is 48.9 Å². The smallest absolute Gasteiger partial charge is 0.289 e. The largest absolute Gasteiger partial charge is 0.351 e. The number of alkyl halides is 2. The molecule has 0 radical (unpaired) electrons. The van der Waals surface area contributed by atoms with Gasteiger partial charge in [-0.2, -0.15) is 0 Å². The number of aryl methyl sites for hydroxylation is 1. The molecule has 3 rings (SSSR count). The van der Waals surface area contributed by atoms with Crippen molar-refractivity contribution in [1.82, 2.24) is 19.3 Å². The first-order valence-corrected chi connectivity index (χ1v) is 10.3. The molecule has 2 aromatic heterocycles. The second kappa shape index (κ2) is 7.97. The molecule has 1 aliphatic heterocycles. The van der Waals surface area contributed by atoms with Crippen molar-refractivity contribution in [2.75, 3.05) is 24.7 Å². The van der Waals surface area contributed by atoms with Gasteiger partial charge in [0.05, 0.1) is 27.8 Å². The Balaban J connectivity index is 1.77. The third-order valence-electron chi connectivity index (χ3n) is 4.11. The van der Waals surface area contributed by atoms with Gasteiger partial charge in [-0.25, -0.2) is 36.6 Å². The molecule has 11 heteroatoms. The van der Waals surface area contributed by atoms with E-state index in [-0.39, 0.29) is 27.6 Å². The molecule has 1 atom stereocenters. The molecule has 0 bridgehead atoms. The van der Waals surface area contributed by atoms with Crippen molar-refractivity contribution in [1.29, 1.82) is 0 Å². The van der Waals surface area contributed by atoms with E-state index < -0.39 is 23.2 Å². The van der Waals surface area contributed by atoms with Crippen LogP contribution in [0, 0.1) is 12.7 Å². The first-order chi connectivity index (χ1) is 12.3. The Morgan fingerprint density at radius 2 is 2.04 bits per heavy atom. The van der Waals surface area contributed by atoms with Gasteiger partial charge in [-0.15, -0.1) is 11.3 Å². The highest BCUT2D eigenvalue weighted by Crippen LogP contribution is 2.34. The monoisotopic (exact) mass is 405 g/mol. The average molecular weight is 405 g/mol. The van der Waals surface area contributed by atoms with Gasteiger partial charge in [0.15, 0.2) is 10.8 Å². The van der Waals surface area contributed by atoms with Gasteiger partial charge in [0.1, 0.15) is 5.69 Å². The second-order valence-corrected chi connectivity index (χ2v) is 8.32. The normalized spacial score (nSPS) is 17.6. The van der Waals surface area contributed by atoms with Gasteiger partial charge >= 0.3 is 0 Å². The fourth-order valence-electron chi connectivity index (χ4n) is 2.77. The lowest BCUT2D eigenvalue weighted by Gasteiger charge is -2.30. The minimum absolute atomic E-state index is 0.0310. The first-order valence-electron chi connectivity index (χ1n) is 7.98. The number of aromatic nitrogens is 3. The van der Waals surface area contributed by atoms with E-state index in [1.807, 2.05) is 4.31 Å². The summed E-state index contributed by atoms with van der Waals surface area (Å²) in [5.74, 6) is -0.441. The van der Waals surface area contributed by atoms with E-state index in [0.717, 1.165) is 30.4 Å². The number of hydrogen-bond donors (Lipinski definition) is 1. The van der Waals surface area contributed by atoms with E-state index in [0.29, 0.717) is 18.8 Å². The summed E-state index contributed by atoms with van der Waals surface area (Å²) in [6.45, 7) is 2.91. The first kappa shape index (κ1) is 19.2. The highest BCUT2D eigenvalue weighted by atomic mass is 32.2. The molecule has 0 saturated carbocycles. The summed E-state index contributed by atoms with van der Waals surface area (Å²) in [7, 11) is -0.991. The van der Waals surface area contributed by atoms with Crippen LogP contribution in [0.4, 0.5) is 19.1 Å². The maximum Gasteiger partial charge on any atom is 0.289 e. The second-order valence-electron chi connectivity index (χ2n) is 5.93. The summed E-state index contributed by atoms with van der Waals surface area (Å²) in [5.41, 5.74) is 0.282. The zero-order valence-corrected chi connectivity index (χ0v) is 15.8. The summed E-state index contributed by atoms with van der Waals surface area (Å²) in [4.78, 5) is 12.2. The van der Waals surface area contributed by atoms with Gasteiger partial charge in [0.2, 0.25) is 5.95 Å². The fourth-order valence-corrected chi connectivity index (χ4v) is 4.41.